The quantitative estimate of drug-likeness (QED) is 0.866. The first-order valence-corrected chi connectivity index (χ1v) is 6.32. The lowest BCUT2D eigenvalue weighted by molar-refractivity contribution is 0.148. The lowest BCUT2D eigenvalue weighted by Gasteiger charge is -2.20. The number of nitrogens with zero attached hydrogens (tertiary/aromatic N) is 2. The van der Waals surface area contributed by atoms with Crippen LogP contribution in [0.25, 0.3) is 0 Å². The van der Waals surface area contributed by atoms with Crippen molar-refractivity contribution in [3.05, 3.63) is 48.0 Å². The molecular weight excluding hydrogens is 226 g/mol. The summed E-state index contributed by atoms with van der Waals surface area (Å²) in [5, 5.41) is 13.9. The molecule has 3 rings (SSSR count). The molecule has 0 saturated carbocycles. The number of hydrogen-bond acceptors (Lipinski definition) is 3. The zero-order chi connectivity index (χ0) is 12.5. The standard InChI is InChI=1S/C14H17N3O/c1-2-17-9-15-8-13(17)14(18)12-7-10-5-3-4-6-11(10)16-12/h3-6,8-9,12,14,16,18H,2,7H2,1H3. The maximum atomic E-state index is 10.5. The summed E-state index contributed by atoms with van der Waals surface area (Å²) in [5.41, 5.74) is 3.27. The van der Waals surface area contributed by atoms with Gasteiger partial charge in [0, 0.05) is 12.2 Å². The van der Waals surface area contributed by atoms with Crippen LogP contribution in [0.15, 0.2) is 36.8 Å². The van der Waals surface area contributed by atoms with Gasteiger partial charge in [0.15, 0.2) is 0 Å². The zero-order valence-corrected chi connectivity index (χ0v) is 10.4. The van der Waals surface area contributed by atoms with Gasteiger partial charge in [0.05, 0.1) is 24.3 Å². The SMILES string of the molecule is CCn1cncc1C(O)C1Cc2ccccc2N1. The molecule has 4 heteroatoms. The first kappa shape index (κ1) is 11.3. The number of fused-ring (bicyclic) bond motifs is 1. The molecule has 0 radical (unpaired) electrons. The van der Waals surface area contributed by atoms with Crippen LogP contribution in [0.2, 0.25) is 0 Å². The number of hydrogen-bond donors (Lipinski definition) is 2. The Labute approximate surface area is 106 Å². The van der Waals surface area contributed by atoms with Crippen LogP contribution in [-0.4, -0.2) is 20.7 Å². The van der Waals surface area contributed by atoms with Gasteiger partial charge in [0.25, 0.3) is 0 Å². The molecule has 2 aromatic rings. The summed E-state index contributed by atoms with van der Waals surface area (Å²) in [7, 11) is 0. The molecule has 0 aliphatic carbocycles. The Bertz CT molecular complexity index is 524. The number of anilines is 1. The van der Waals surface area contributed by atoms with Gasteiger partial charge < -0.3 is 15.0 Å². The molecule has 1 aliphatic heterocycles. The largest absolute Gasteiger partial charge is 0.385 e. The first-order chi connectivity index (χ1) is 8.79. The van der Waals surface area contributed by atoms with E-state index in [1.54, 1.807) is 12.5 Å². The van der Waals surface area contributed by atoms with E-state index in [0.717, 1.165) is 24.3 Å². The predicted molar refractivity (Wildman–Crippen MR) is 70.4 cm³/mol. The fraction of sp³-hybridized carbons (Fsp3) is 0.357. The van der Waals surface area contributed by atoms with Gasteiger partial charge in [-0.1, -0.05) is 18.2 Å². The molecule has 18 heavy (non-hydrogen) atoms. The number of nitrogens with one attached hydrogen (secondary N) is 1. The minimum absolute atomic E-state index is 0.0319. The van der Waals surface area contributed by atoms with Gasteiger partial charge in [-0.15, -0.1) is 0 Å². The van der Waals surface area contributed by atoms with Crippen LogP contribution in [0, 0.1) is 0 Å². The van der Waals surface area contributed by atoms with Gasteiger partial charge in [0.2, 0.25) is 0 Å². The zero-order valence-electron chi connectivity index (χ0n) is 10.4. The summed E-state index contributed by atoms with van der Waals surface area (Å²) in [5.74, 6) is 0. The molecule has 1 aromatic heterocycles. The Morgan fingerprint density at radius 3 is 3.11 bits per heavy atom. The summed E-state index contributed by atoms with van der Waals surface area (Å²) >= 11 is 0. The molecule has 2 N–H and O–H groups in total. The Balaban J connectivity index is 1.82. The summed E-state index contributed by atoms with van der Waals surface area (Å²) in [6, 6.07) is 8.23. The van der Waals surface area contributed by atoms with E-state index in [0.29, 0.717) is 0 Å². The molecule has 1 aromatic carbocycles. The second kappa shape index (κ2) is 4.46. The van der Waals surface area contributed by atoms with Crippen molar-refractivity contribution in [2.24, 2.45) is 0 Å². The Morgan fingerprint density at radius 2 is 2.33 bits per heavy atom. The van der Waals surface area contributed by atoms with Crippen LogP contribution in [0.4, 0.5) is 5.69 Å². The summed E-state index contributed by atoms with van der Waals surface area (Å²) in [4.78, 5) is 4.11. The number of aromatic nitrogens is 2. The number of rotatable bonds is 3. The third-order valence-electron chi connectivity index (χ3n) is 3.57. The lowest BCUT2D eigenvalue weighted by atomic mass is 10.0. The van der Waals surface area contributed by atoms with Crippen LogP contribution in [-0.2, 0) is 13.0 Å². The molecule has 0 bridgehead atoms. The topological polar surface area (TPSA) is 50.1 Å². The van der Waals surface area contributed by atoms with Gasteiger partial charge in [-0.2, -0.15) is 0 Å². The van der Waals surface area contributed by atoms with Crippen molar-refractivity contribution in [2.45, 2.75) is 32.0 Å². The predicted octanol–water partition coefficient (Wildman–Crippen LogP) is 1.97. The number of aliphatic hydroxyl groups excluding tert-OH is 1. The fourth-order valence-electron chi connectivity index (χ4n) is 2.56. The molecule has 0 saturated heterocycles. The van der Waals surface area contributed by atoms with Crippen LogP contribution >= 0.6 is 0 Å². The molecule has 2 atom stereocenters. The maximum Gasteiger partial charge on any atom is 0.116 e. The van der Waals surface area contributed by atoms with Crippen molar-refractivity contribution in [3.63, 3.8) is 0 Å². The molecule has 1 aliphatic rings. The summed E-state index contributed by atoms with van der Waals surface area (Å²) < 4.78 is 1.98. The highest BCUT2D eigenvalue weighted by atomic mass is 16.3. The highest BCUT2D eigenvalue weighted by Crippen LogP contribution is 2.31. The van der Waals surface area contributed by atoms with Crippen LogP contribution in [0.5, 0.6) is 0 Å². The first-order valence-electron chi connectivity index (χ1n) is 6.32. The van der Waals surface area contributed by atoms with Gasteiger partial charge in [-0.05, 0) is 25.0 Å². The van der Waals surface area contributed by atoms with Crippen LogP contribution < -0.4 is 5.32 Å². The maximum absolute atomic E-state index is 10.5. The lowest BCUT2D eigenvalue weighted by Crippen LogP contribution is -2.26. The monoisotopic (exact) mass is 243 g/mol. The fourth-order valence-corrected chi connectivity index (χ4v) is 2.56. The smallest absolute Gasteiger partial charge is 0.116 e. The average Bonchev–Trinajstić information content (AvgIpc) is 3.03. The van der Waals surface area contributed by atoms with E-state index in [2.05, 4.69) is 29.4 Å². The van der Waals surface area contributed by atoms with Crippen molar-refractivity contribution in [1.82, 2.24) is 9.55 Å². The van der Waals surface area contributed by atoms with E-state index in [1.165, 1.54) is 5.56 Å². The molecule has 0 amide bonds. The van der Waals surface area contributed by atoms with Gasteiger partial charge in [0.1, 0.15) is 6.10 Å². The average molecular weight is 243 g/mol. The van der Waals surface area contributed by atoms with E-state index >= 15 is 0 Å². The number of benzene rings is 1. The highest BCUT2D eigenvalue weighted by molar-refractivity contribution is 5.57. The summed E-state index contributed by atoms with van der Waals surface area (Å²) in [6.45, 7) is 2.88. The molecule has 0 fully saturated rings. The van der Waals surface area contributed by atoms with E-state index in [1.807, 2.05) is 16.7 Å². The van der Waals surface area contributed by atoms with Crippen LogP contribution in [0.1, 0.15) is 24.3 Å². The molecule has 4 nitrogen and oxygen atoms in total. The Kier molecular flexibility index (Phi) is 2.80. The van der Waals surface area contributed by atoms with Crippen molar-refractivity contribution in [1.29, 1.82) is 0 Å². The summed E-state index contributed by atoms with van der Waals surface area (Å²) in [6.07, 6.45) is 3.84. The van der Waals surface area contributed by atoms with Crippen LogP contribution in [0.3, 0.4) is 0 Å². The highest BCUT2D eigenvalue weighted by Gasteiger charge is 2.29. The Morgan fingerprint density at radius 1 is 1.50 bits per heavy atom. The molecular formula is C14H17N3O. The minimum Gasteiger partial charge on any atom is -0.385 e. The molecule has 2 unspecified atom stereocenters. The van der Waals surface area contributed by atoms with E-state index in [4.69, 9.17) is 0 Å². The number of imidazole rings is 1. The van der Waals surface area contributed by atoms with Crippen molar-refractivity contribution >= 4 is 5.69 Å². The molecule has 0 spiro atoms. The third kappa shape index (κ3) is 1.78. The van der Waals surface area contributed by atoms with Gasteiger partial charge >= 0.3 is 0 Å². The van der Waals surface area contributed by atoms with Gasteiger partial charge in [-0.25, -0.2) is 4.98 Å². The minimum atomic E-state index is -0.528. The number of aryl methyl sites for hydroxylation is 1. The Hall–Kier alpha value is -1.81. The number of para-hydroxylation sites is 1. The third-order valence-corrected chi connectivity index (χ3v) is 3.57. The molecule has 94 valence electrons. The van der Waals surface area contributed by atoms with E-state index < -0.39 is 6.10 Å². The van der Waals surface area contributed by atoms with Crippen molar-refractivity contribution in [3.8, 4) is 0 Å². The van der Waals surface area contributed by atoms with Crippen molar-refractivity contribution in [2.75, 3.05) is 5.32 Å². The second-order valence-corrected chi connectivity index (χ2v) is 4.66. The van der Waals surface area contributed by atoms with Gasteiger partial charge in [-0.3, -0.25) is 0 Å². The molecule has 2 heterocycles. The second-order valence-electron chi connectivity index (χ2n) is 4.66. The van der Waals surface area contributed by atoms with Crippen molar-refractivity contribution < 1.29 is 5.11 Å². The number of aliphatic hydroxyl groups is 1. The van der Waals surface area contributed by atoms with E-state index in [-0.39, 0.29) is 6.04 Å². The van der Waals surface area contributed by atoms with E-state index in [9.17, 15) is 5.11 Å². The normalized spacial score (nSPS) is 19.3.